The van der Waals surface area contributed by atoms with Crippen LogP contribution in [0.1, 0.15) is 88.5 Å². The highest BCUT2D eigenvalue weighted by atomic mass is 16.5. The molecule has 0 heterocycles. The first kappa shape index (κ1) is 26.8. The van der Waals surface area contributed by atoms with E-state index in [1.165, 1.54) is 0 Å². The maximum absolute atomic E-state index is 6.25. The molecule has 4 nitrogen and oxygen atoms in total. The van der Waals surface area contributed by atoms with E-state index in [-0.39, 0.29) is 23.4 Å². The SMILES string of the molecule is CC(C)OCCC(C)(C)OCCC(COC(C)(C)CCOC(C)C)C(C)C. The first-order valence-corrected chi connectivity index (χ1v) is 10.9. The molecule has 0 N–H and O–H groups in total. The Morgan fingerprint density at radius 2 is 1.07 bits per heavy atom. The van der Waals surface area contributed by atoms with E-state index in [9.17, 15) is 0 Å². The fourth-order valence-electron chi connectivity index (χ4n) is 2.65. The van der Waals surface area contributed by atoms with Gasteiger partial charge in [0.25, 0.3) is 0 Å². The van der Waals surface area contributed by atoms with E-state index in [0.717, 1.165) is 45.7 Å². The molecule has 1 unspecified atom stereocenters. The minimum atomic E-state index is -0.156. The smallest absolute Gasteiger partial charge is 0.0648 e. The summed E-state index contributed by atoms with van der Waals surface area (Å²) in [5, 5.41) is 0. The minimum Gasteiger partial charge on any atom is -0.379 e. The Hall–Kier alpha value is -0.160. The summed E-state index contributed by atoms with van der Waals surface area (Å²) in [6, 6.07) is 0. The van der Waals surface area contributed by atoms with E-state index >= 15 is 0 Å². The largest absolute Gasteiger partial charge is 0.379 e. The lowest BCUT2D eigenvalue weighted by atomic mass is 9.93. The van der Waals surface area contributed by atoms with Crippen LogP contribution in [-0.4, -0.2) is 49.8 Å². The summed E-state index contributed by atoms with van der Waals surface area (Å²) in [7, 11) is 0. The molecule has 0 amide bonds. The van der Waals surface area contributed by atoms with Gasteiger partial charge in [0.05, 0.1) is 30.0 Å². The Bertz CT molecular complexity index is 361. The van der Waals surface area contributed by atoms with Gasteiger partial charge >= 0.3 is 0 Å². The van der Waals surface area contributed by atoms with Crippen LogP contribution in [0, 0.1) is 11.8 Å². The maximum atomic E-state index is 6.25. The molecule has 0 saturated heterocycles. The second-order valence-electron chi connectivity index (χ2n) is 9.81. The highest BCUT2D eigenvalue weighted by molar-refractivity contribution is 4.73. The molecular formula is C23H48O4. The predicted molar refractivity (Wildman–Crippen MR) is 114 cm³/mol. The van der Waals surface area contributed by atoms with E-state index in [1.54, 1.807) is 0 Å². The highest BCUT2D eigenvalue weighted by Gasteiger charge is 2.24. The summed E-state index contributed by atoms with van der Waals surface area (Å²) in [5.41, 5.74) is -0.304. The first-order chi connectivity index (χ1) is 12.3. The Labute approximate surface area is 169 Å². The van der Waals surface area contributed by atoms with Crippen molar-refractivity contribution < 1.29 is 18.9 Å². The number of hydrogen-bond acceptors (Lipinski definition) is 4. The van der Waals surface area contributed by atoms with Crippen LogP contribution in [0.3, 0.4) is 0 Å². The molecule has 0 aromatic heterocycles. The molecule has 0 bridgehead atoms. The van der Waals surface area contributed by atoms with Crippen molar-refractivity contribution in [2.24, 2.45) is 11.8 Å². The Morgan fingerprint density at radius 3 is 1.48 bits per heavy atom. The van der Waals surface area contributed by atoms with Crippen molar-refractivity contribution in [3.8, 4) is 0 Å². The van der Waals surface area contributed by atoms with E-state index in [0.29, 0.717) is 11.8 Å². The average Bonchev–Trinajstić information content (AvgIpc) is 2.48. The quantitative estimate of drug-likeness (QED) is 0.331. The second kappa shape index (κ2) is 13.1. The van der Waals surface area contributed by atoms with Crippen LogP contribution in [0.15, 0.2) is 0 Å². The normalized spacial score (nSPS) is 14.6. The van der Waals surface area contributed by atoms with Crippen LogP contribution in [0.2, 0.25) is 0 Å². The lowest BCUT2D eigenvalue weighted by molar-refractivity contribution is -0.0802. The van der Waals surface area contributed by atoms with Crippen LogP contribution in [0.5, 0.6) is 0 Å². The predicted octanol–water partition coefficient (Wildman–Crippen LogP) is 5.87. The molecule has 0 aromatic rings. The van der Waals surface area contributed by atoms with E-state index in [4.69, 9.17) is 18.9 Å². The van der Waals surface area contributed by atoms with Crippen molar-refractivity contribution in [2.75, 3.05) is 26.4 Å². The molecule has 4 heteroatoms. The van der Waals surface area contributed by atoms with E-state index in [1.807, 2.05) is 0 Å². The van der Waals surface area contributed by atoms with Gasteiger partial charge in [-0.25, -0.2) is 0 Å². The topological polar surface area (TPSA) is 36.9 Å². The van der Waals surface area contributed by atoms with Gasteiger partial charge in [-0.2, -0.15) is 0 Å². The molecular weight excluding hydrogens is 340 g/mol. The van der Waals surface area contributed by atoms with E-state index < -0.39 is 0 Å². The molecule has 0 rings (SSSR count). The van der Waals surface area contributed by atoms with Crippen molar-refractivity contribution >= 4 is 0 Å². The number of rotatable bonds is 16. The first-order valence-electron chi connectivity index (χ1n) is 10.9. The third-order valence-electron chi connectivity index (χ3n) is 4.92. The standard InChI is InChI=1S/C23H48O4/c1-18(2)21(17-27-23(9,10)13-16-25-20(5)6)11-14-26-22(7,8)12-15-24-19(3)4/h18-21H,11-17H2,1-10H3. The summed E-state index contributed by atoms with van der Waals surface area (Å²) in [4.78, 5) is 0. The van der Waals surface area contributed by atoms with Gasteiger partial charge in [-0.1, -0.05) is 13.8 Å². The molecule has 0 radical (unpaired) electrons. The maximum Gasteiger partial charge on any atom is 0.0648 e. The summed E-state index contributed by atoms with van der Waals surface area (Å²) in [5.74, 6) is 1.07. The Morgan fingerprint density at radius 1 is 0.630 bits per heavy atom. The van der Waals surface area contributed by atoms with Crippen molar-refractivity contribution in [3.63, 3.8) is 0 Å². The zero-order chi connectivity index (χ0) is 21.1. The van der Waals surface area contributed by atoms with Crippen molar-refractivity contribution in [2.45, 2.75) is 112 Å². The highest BCUT2D eigenvalue weighted by Crippen LogP contribution is 2.23. The van der Waals surface area contributed by atoms with Crippen LogP contribution in [-0.2, 0) is 18.9 Å². The molecule has 0 aliphatic rings. The van der Waals surface area contributed by atoms with Crippen LogP contribution < -0.4 is 0 Å². The molecule has 0 aromatic carbocycles. The molecule has 0 saturated carbocycles. The fraction of sp³-hybridized carbons (Fsp3) is 1.00. The monoisotopic (exact) mass is 388 g/mol. The Kier molecular flexibility index (Phi) is 13.1. The van der Waals surface area contributed by atoms with Crippen LogP contribution in [0.4, 0.5) is 0 Å². The third kappa shape index (κ3) is 15.4. The lowest BCUT2D eigenvalue weighted by Crippen LogP contribution is -2.32. The van der Waals surface area contributed by atoms with Gasteiger partial charge in [-0.05, 0) is 86.5 Å². The molecule has 0 aliphatic heterocycles. The molecule has 1 atom stereocenters. The number of ether oxygens (including phenoxy) is 4. The lowest BCUT2D eigenvalue weighted by Gasteiger charge is -2.31. The zero-order valence-corrected chi connectivity index (χ0v) is 19.9. The van der Waals surface area contributed by atoms with Crippen LogP contribution in [0.25, 0.3) is 0 Å². The van der Waals surface area contributed by atoms with E-state index in [2.05, 4.69) is 69.2 Å². The van der Waals surface area contributed by atoms with Gasteiger partial charge in [0.2, 0.25) is 0 Å². The summed E-state index contributed by atoms with van der Waals surface area (Å²) in [6.07, 6.45) is 3.39. The minimum absolute atomic E-state index is 0.148. The summed E-state index contributed by atoms with van der Waals surface area (Å²) >= 11 is 0. The van der Waals surface area contributed by atoms with Gasteiger partial charge in [-0.15, -0.1) is 0 Å². The number of hydrogen-bond donors (Lipinski definition) is 0. The third-order valence-corrected chi connectivity index (χ3v) is 4.92. The molecule has 27 heavy (non-hydrogen) atoms. The summed E-state index contributed by atoms with van der Waals surface area (Å²) in [6.45, 7) is 24.4. The zero-order valence-electron chi connectivity index (χ0n) is 19.9. The van der Waals surface area contributed by atoms with Gasteiger partial charge in [0, 0.05) is 19.8 Å². The van der Waals surface area contributed by atoms with Crippen molar-refractivity contribution in [1.82, 2.24) is 0 Å². The van der Waals surface area contributed by atoms with Gasteiger partial charge in [0.15, 0.2) is 0 Å². The van der Waals surface area contributed by atoms with Crippen LogP contribution >= 0.6 is 0 Å². The van der Waals surface area contributed by atoms with Crippen molar-refractivity contribution in [1.29, 1.82) is 0 Å². The van der Waals surface area contributed by atoms with Crippen molar-refractivity contribution in [3.05, 3.63) is 0 Å². The molecule has 164 valence electrons. The van der Waals surface area contributed by atoms with Gasteiger partial charge < -0.3 is 18.9 Å². The summed E-state index contributed by atoms with van der Waals surface area (Å²) < 4.78 is 23.7. The fourth-order valence-corrected chi connectivity index (χ4v) is 2.65. The molecule has 0 aliphatic carbocycles. The van der Waals surface area contributed by atoms with Gasteiger partial charge in [-0.3, -0.25) is 0 Å². The average molecular weight is 389 g/mol. The molecule has 0 spiro atoms. The Balaban J connectivity index is 4.25. The van der Waals surface area contributed by atoms with Gasteiger partial charge in [0.1, 0.15) is 0 Å². The second-order valence-corrected chi connectivity index (χ2v) is 9.81. The molecule has 0 fully saturated rings.